The zero-order chi connectivity index (χ0) is 26.5. The Balaban J connectivity index is 1.42. The molecule has 1 aromatic heterocycles. The summed E-state index contributed by atoms with van der Waals surface area (Å²) in [6.45, 7) is 6.02. The lowest BCUT2D eigenvalue weighted by Gasteiger charge is -2.14. The van der Waals surface area contributed by atoms with Gasteiger partial charge in [-0.2, -0.15) is 0 Å². The molecular formula is C28H25Cl2N3O2S2. The molecule has 0 fully saturated rings. The SMILES string of the molecule is CCC(Sc1cccc(NC(=O)c2ccc(Cl)cc2Cl)c1)C(=O)Nc1nc(-c2ccc(C)cc2)c(C)s1. The molecule has 0 saturated heterocycles. The van der Waals surface area contributed by atoms with Crippen LogP contribution in [0.5, 0.6) is 0 Å². The van der Waals surface area contributed by atoms with Gasteiger partial charge in [0.25, 0.3) is 5.91 Å². The topological polar surface area (TPSA) is 71.1 Å². The summed E-state index contributed by atoms with van der Waals surface area (Å²) < 4.78 is 0. The van der Waals surface area contributed by atoms with Crippen LogP contribution in [0.25, 0.3) is 11.3 Å². The smallest absolute Gasteiger partial charge is 0.257 e. The minimum absolute atomic E-state index is 0.112. The molecule has 37 heavy (non-hydrogen) atoms. The second-order valence-corrected chi connectivity index (χ2v) is 11.7. The number of halogens is 2. The van der Waals surface area contributed by atoms with Gasteiger partial charge in [0.2, 0.25) is 5.91 Å². The van der Waals surface area contributed by atoms with Crippen LogP contribution in [-0.4, -0.2) is 22.0 Å². The number of hydrogen-bond acceptors (Lipinski definition) is 5. The van der Waals surface area contributed by atoms with Crippen molar-refractivity contribution in [2.24, 2.45) is 0 Å². The molecule has 5 nitrogen and oxygen atoms in total. The van der Waals surface area contributed by atoms with E-state index < -0.39 is 0 Å². The second kappa shape index (κ2) is 12.1. The molecule has 1 atom stereocenters. The number of nitrogens with zero attached hydrogens (tertiary/aromatic N) is 1. The van der Waals surface area contributed by atoms with Crippen molar-refractivity contribution in [1.82, 2.24) is 4.98 Å². The maximum Gasteiger partial charge on any atom is 0.257 e. The highest BCUT2D eigenvalue weighted by Crippen LogP contribution is 2.33. The number of nitrogens with one attached hydrogen (secondary N) is 2. The Hall–Kier alpha value is -2.84. The van der Waals surface area contributed by atoms with Crippen LogP contribution in [0, 0.1) is 13.8 Å². The number of rotatable bonds is 8. The summed E-state index contributed by atoms with van der Waals surface area (Å²) in [6.07, 6.45) is 0.628. The number of carbonyl (C=O) groups excluding carboxylic acids is 2. The van der Waals surface area contributed by atoms with Crippen LogP contribution in [0.2, 0.25) is 10.0 Å². The lowest BCUT2D eigenvalue weighted by molar-refractivity contribution is -0.115. The third kappa shape index (κ3) is 6.93. The summed E-state index contributed by atoms with van der Waals surface area (Å²) in [6, 6.07) is 20.3. The Bertz CT molecular complexity index is 1440. The molecule has 2 N–H and O–H groups in total. The van der Waals surface area contributed by atoms with E-state index in [2.05, 4.69) is 27.8 Å². The summed E-state index contributed by atoms with van der Waals surface area (Å²) in [7, 11) is 0. The van der Waals surface area contributed by atoms with E-state index in [0.29, 0.717) is 27.8 Å². The summed E-state index contributed by atoms with van der Waals surface area (Å²) in [5.41, 5.74) is 4.03. The standard InChI is InChI=1S/C28H25Cl2N3O2S2/c1-4-24(27(35)33-28-32-25(17(3)36-28)18-10-8-16(2)9-11-18)37-21-7-5-6-20(15-21)31-26(34)22-13-12-19(29)14-23(22)30/h5-15,24H,4H2,1-3H3,(H,31,34)(H,32,33,35). The number of aromatic nitrogens is 1. The lowest BCUT2D eigenvalue weighted by Crippen LogP contribution is -2.24. The first kappa shape index (κ1) is 27.2. The molecule has 1 heterocycles. The van der Waals surface area contributed by atoms with Crippen molar-refractivity contribution in [3.05, 3.63) is 92.8 Å². The van der Waals surface area contributed by atoms with Crippen molar-refractivity contribution in [3.8, 4) is 11.3 Å². The zero-order valence-electron chi connectivity index (χ0n) is 20.5. The molecule has 3 aromatic carbocycles. The average molecular weight is 571 g/mol. The third-order valence-corrected chi connectivity index (χ3v) is 8.35. The first-order chi connectivity index (χ1) is 17.7. The fraction of sp³-hybridized carbons (Fsp3) is 0.179. The first-order valence-electron chi connectivity index (χ1n) is 11.6. The Morgan fingerprint density at radius 3 is 2.46 bits per heavy atom. The molecule has 0 aliphatic heterocycles. The predicted molar refractivity (Wildman–Crippen MR) is 156 cm³/mol. The Morgan fingerprint density at radius 1 is 1.00 bits per heavy atom. The van der Waals surface area contributed by atoms with Crippen molar-refractivity contribution in [1.29, 1.82) is 0 Å². The number of carbonyl (C=O) groups is 2. The van der Waals surface area contributed by atoms with E-state index in [1.807, 2.05) is 51.1 Å². The van der Waals surface area contributed by atoms with Gasteiger partial charge in [-0.1, -0.05) is 66.0 Å². The van der Waals surface area contributed by atoms with Gasteiger partial charge in [0.15, 0.2) is 5.13 Å². The molecule has 1 unspecified atom stereocenters. The Kier molecular flexibility index (Phi) is 8.92. The molecule has 4 aromatic rings. The minimum Gasteiger partial charge on any atom is -0.322 e. The summed E-state index contributed by atoms with van der Waals surface area (Å²) in [5, 5.41) is 6.84. The number of benzene rings is 3. The minimum atomic E-state index is -0.336. The van der Waals surface area contributed by atoms with Gasteiger partial charge in [0.1, 0.15) is 0 Å². The molecule has 0 aliphatic rings. The molecule has 0 bridgehead atoms. The Morgan fingerprint density at radius 2 is 1.76 bits per heavy atom. The van der Waals surface area contributed by atoms with E-state index >= 15 is 0 Å². The number of thiazole rings is 1. The number of amides is 2. The van der Waals surface area contributed by atoms with Crippen LogP contribution in [0.1, 0.15) is 34.1 Å². The number of thioether (sulfide) groups is 1. The van der Waals surface area contributed by atoms with Crippen molar-refractivity contribution >= 4 is 68.9 Å². The molecule has 0 spiro atoms. The number of aryl methyl sites for hydroxylation is 2. The van der Waals surface area contributed by atoms with Gasteiger partial charge >= 0.3 is 0 Å². The van der Waals surface area contributed by atoms with Crippen molar-refractivity contribution in [3.63, 3.8) is 0 Å². The summed E-state index contributed by atoms with van der Waals surface area (Å²) in [5.74, 6) is -0.448. The van der Waals surface area contributed by atoms with Crippen LogP contribution >= 0.6 is 46.3 Å². The van der Waals surface area contributed by atoms with E-state index in [0.717, 1.165) is 21.0 Å². The number of hydrogen-bond donors (Lipinski definition) is 2. The van der Waals surface area contributed by atoms with Crippen molar-refractivity contribution < 1.29 is 9.59 Å². The molecule has 2 amide bonds. The maximum atomic E-state index is 13.1. The van der Waals surface area contributed by atoms with Crippen LogP contribution in [0.15, 0.2) is 71.6 Å². The normalized spacial score (nSPS) is 11.7. The van der Waals surface area contributed by atoms with Crippen LogP contribution in [-0.2, 0) is 4.79 Å². The van der Waals surface area contributed by atoms with Gasteiger partial charge in [-0.05, 0) is 56.7 Å². The number of anilines is 2. The molecule has 9 heteroatoms. The second-order valence-electron chi connectivity index (χ2n) is 8.40. The Labute approximate surface area is 234 Å². The van der Waals surface area contributed by atoms with Gasteiger partial charge < -0.3 is 10.6 Å². The van der Waals surface area contributed by atoms with E-state index in [1.165, 1.54) is 34.7 Å². The van der Waals surface area contributed by atoms with E-state index in [1.54, 1.807) is 18.2 Å². The first-order valence-corrected chi connectivity index (χ1v) is 14.1. The fourth-order valence-electron chi connectivity index (χ4n) is 3.62. The van der Waals surface area contributed by atoms with Crippen LogP contribution in [0.3, 0.4) is 0 Å². The lowest BCUT2D eigenvalue weighted by atomic mass is 10.1. The molecule has 0 radical (unpaired) electrons. The van der Waals surface area contributed by atoms with Crippen molar-refractivity contribution in [2.45, 2.75) is 37.3 Å². The fourth-order valence-corrected chi connectivity index (χ4v) is 5.97. The van der Waals surface area contributed by atoms with E-state index in [-0.39, 0.29) is 22.1 Å². The van der Waals surface area contributed by atoms with Crippen LogP contribution in [0.4, 0.5) is 10.8 Å². The average Bonchev–Trinajstić information content (AvgIpc) is 3.22. The highest BCUT2D eigenvalue weighted by molar-refractivity contribution is 8.00. The van der Waals surface area contributed by atoms with E-state index in [4.69, 9.17) is 23.2 Å². The third-order valence-electron chi connectivity index (χ3n) is 5.56. The predicted octanol–water partition coefficient (Wildman–Crippen LogP) is 8.50. The van der Waals surface area contributed by atoms with Gasteiger partial charge in [0, 0.05) is 26.0 Å². The molecular weight excluding hydrogens is 545 g/mol. The highest BCUT2D eigenvalue weighted by atomic mass is 35.5. The van der Waals surface area contributed by atoms with Gasteiger partial charge in [-0.25, -0.2) is 4.98 Å². The molecule has 4 rings (SSSR count). The molecule has 190 valence electrons. The quantitative estimate of drug-likeness (QED) is 0.209. The molecule has 0 aliphatic carbocycles. The monoisotopic (exact) mass is 569 g/mol. The van der Waals surface area contributed by atoms with Gasteiger partial charge in [0.05, 0.1) is 21.5 Å². The van der Waals surface area contributed by atoms with E-state index in [9.17, 15) is 9.59 Å². The van der Waals surface area contributed by atoms with Gasteiger partial charge in [-0.3, -0.25) is 9.59 Å². The van der Waals surface area contributed by atoms with Gasteiger partial charge in [-0.15, -0.1) is 23.1 Å². The van der Waals surface area contributed by atoms with Crippen LogP contribution < -0.4 is 10.6 Å². The largest absolute Gasteiger partial charge is 0.322 e. The molecule has 0 saturated carbocycles. The summed E-state index contributed by atoms with van der Waals surface area (Å²) in [4.78, 5) is 32.4. The van der Waals surface area contributed by atoms with Crippen molar-refractivity contribution in [2.75, 3.05) is 10.6 Å². The zero-order valence-corrected chi connectivity index (χ0v) is 23.6. The summed E-state index contributed by atoms with van der Waals surface area (Å²) >= 11 is 15.0. The maximum absolute atomic E-state index is 13.1. The highest BCUT2D eigenvalue weighted by Gasteiger charge is 2.21.